The molecule has 27 heavy (non-hydrogen) atoms. The van der Waals surface area contributed by atoms with E-state index >= 15 is 0 Å². The first-order chi connectivity index (χ1) is 12.1. The van der Waals surface area contributed by atoms with Crippen molar-refractivity contribution in [1.82, 2.24) is 0 Å². The van der Waals surface area contributed by atoms with Crippen molar-refractivity contribution >= 4 is 39.2 Å². The van der Waals surface area contributed by atoms with Gasteiger partial charge in [-0.2, -0.15) is 0 Å². The fourth-order valence-corrected chi connectivity index (χ4v) is 4.45. The van der Waals surface area contributed by atoms with Crippen molar-refractivity contribution in [2.24, 2.45) is 0 Å². The third kappa shape index (κ3) is 13.4. The molecule has 158 valence electrons. The molecule has 0 saturated heterocycles. The average molecular weight is 433 g/mol. The van der Waals surface area contributed by atoms with Gasteiger partial charge in [-0.15, -0.1) is 0 Å². The van der Waals surface area contributed by atoms with Gasteiger partial charge in [-0.25, -0.2) is 0 Å². The summed E-state index contributed by atoms with van der Waals surface area (Å²) in [4.78, 5) is 23.3. The standard InChI is InChI=1S/C20H40O4SSi2/c1-17(21)25-14-11-10-12-18(24-27(8,9)20(2,3)4)16-19(22)23-13-15-26(5,6)7/h10,12,18H,11,13-16H2,1-9H3/b12-10+/t18-/m1/s1. The molecule has 0 fully saturated rings. The number of rotatable bonds is 11. The van der Waals surface area contributed by atoms with Crippen LogP contribution >= 0.6 is 11.8 Å². The predicted octanol–water partition coefficient (Wildman–Crippen LogP) is 5.87. The lowest BCUT2D eigenvalue weighted by Gasteiger charge is -2.38. The molecule has 0 unspecified atom stereocenters. The highest BCUT2D eigenvalue weighted by atomic mass is 32.2. The first-order valence-corrected chi connectivity index (χ1v) is 17.4. The van der Waals surface area contributed by atoms with Gasteiger partial charge in [-0.1, -0.05) is 64.3 Å². The van der Waals surface area contributed by atoms with Gasteiger partial charge in [0.15, 0.2) is 13.4 Å². The molecule has 0 aliphatic rings. The van der Waals surface area contributed by atoms with Crippen molar-refractivity contribution in [3.05, 3.63) is 12.2 Å². The van der Waals surface area contributed by atoms with Crippen LogP contribution in [-0.4, -0.2) is 45.9 Å². The minimum atomic E-state index is -1.99. The molecule has 1 atom stereocenters. The van der Waals surface area contributed by atoms with E-state index in [1.54, 1.807) is 6.92 Å². The van der Waals surface area contributed by atoms with E-state index in [1.165, 1.54) is 11.8 Å². The number of esters is 1. The van der Waals surface area contributed by atoms with Gasteiger partial charge in [-0.05, 0) is 30.6 Å². The van der Waals surface area contributed by atoms with Gasteiger partial charge in [0.05, 0.1) is 19.1 Å². The van der Waals surface area contributed by atoms with E-state index < -0.39 is 16.4 Å². The zero-order valence-corrected chi connectivity index (χ0v) is 21.6. The fourth-order valence-electron chi connectivity index (χ4n) is 1.92. The molecular weight excluding hydrogens is 392 g/mol. The minimum absolute atomic E-state index is 0.0747. The third-order valence-corrected chi connectivity index (χ3v) is 11.7. The van der Waals surface area contributed by atoms with Gasteiger partial charge in [-0.3, -0.25) is 9.59 Å². The van der Waals surface area contributed by atoms with E-state index in [0.717, 1.165) is 18.2 Å². The van der Waals surface area contributed by atoms with Gasteiger partial charge in [0.25, 0.3) is 0 Å². The fraction of sp³-hybridized carbons (Fsp3) is 0.800. The smallest absolute Gasteiger partial charge is 0.308 e. The summed E-state index contributed by atoms with van der Waals surface area (Å²) >= 11 is 1.32. The maximum absolute atomic E-state index is 12.3. The van der Waals surface area contributed by atoms with Crippen molar-refractivity contribution < 1.29 is 18.8 Å². The van der Waals surface area contributed by atoms with E-state index in [4.69, 9.17) is 9.16 Å². The number of carbonyl (C=O) groups excluding carboxylic acids is 2. The summed E-state index contributed by atoms with van der Waals surface area (Å²) in [6.07, 6.45) is 4.75. The molecule has 0 rings (SSSR count). The number of thioether (sulfide) groups is 1. The molecule has 0 saturated carbocycles. The molecule has 0 radical (unpaired) electrons. The molecule has 0 N–H and O–H groups in total. The summed E-state index contributed by atoms with van der Waals surface area (Å²) in [5.74, 6) is 0.555. The van der Waals surface area contributed by atoms with Crippen LogP contribution in [0.1, 0.15) is 40.5 Å². The number of allylic oxidation sites excluding steroid dienone is 1. The van der Waals surface area contributed by atoms with Gasteiger partial charge in [0.1, 0.15) is 0 Å². The predicted molar refractivity (Wildman–Crippen MR) is 123 cm³/mol. The second-order valence-corrected chi connectivity index (χ2v) is 21.4. The Morgan fingerprint density at radius 3 is 2.19 bits per heavy atom. The Labute approximate surface area is 173 Å². The largest absolute Gasteiger partial charge is 0.466 e. The van der Waals surface area contributed by atoms with E-state index in [0.29, 0.717) is 6.61 Å². The van der Waals surface area contributed by atoms with Crippen LogP contribution in [0.4, 0.5) is 0 Å². The summed E-state index contributed by atoms with van der Waals surface area (Å²) in [5.41, 5.74) is 0. The van der Waals surface area contributed by atoms with Gasteiger partial charge < -0.3 is 9.16 Å². The van der Waals surface area contributed by atoms with Gasteiger partial charge in [0.2, 0.25) is 0 Å². The summed E-state index contributed by atoms with van der Waals surface area (Å²) in [5, 5.41) is 0.203. The molecule has 0 spiro atoms. The number of ether oxygens (including phenoxy) is 1. The zero-order chi connectivity index (χ0) is 21.3. The van der Waals surface area contributed by atoms with Crippen molar-refractivity contribution in [2.75, 3.05) is 12.4 Å². The second-order valence-electron chi connectivity index (χ2n) is 9.71. The maximum atomic E-state index is 12.3. The highest BCUT2D eigenvalue weighted by Crippen LogP contribution is 2.37. The van der Waals surface area contributed by atoms with Crippen LogP contribution in [0.2, 0.25) is 43.8 Å². The molecule has 0 aromatic heterocycles. The Bertz CT molecular complexity index is 505. The van der Waals surface area contributed by atoms with Crippen LogP contribution in [0, 0.1) is 0 Å². The lowest BCUT2D eigenvalue weighted by molar-refractivity contribution is -0.144. The van der Waals surface area contributed by atoms with Crippen LogP contribution in [0.25, 0.3) is 0 Å². The van der Waals surface area contributed by atoms with Gasteiger partial charge >= 0.3 is 5.97 Å². The topological polar surface area (TPSA) is 52.6 Å². The first kappa shape index (κ1) is 26.6. The number of carbonyl (C=O) groups is 2. The summed E-state index contributed by atoms with van der Waals surface area (Å²) in [6, 6.07) is 0.977. The SMILES string of the molecule is CC(=O)SCC/C=C/[C@H](CC(=O)OCC[Si](C)(C)C)O[Si](C)(C)C(C)(C)C. The van der Waals surface area contributed by atoms with Crippen LogP contribution in [0.5, 0.6) is 0 Å². The molecule has 0 aromatic rings. The Balaban J connectivity index is 4.84. The number of hydrogen-bond donors (Lipinski definition) is 0. The van der Waals surface area contributed by atoms with Crippen molar-refractivity contribution in [3.8, 4) is 0 Å². The van der Waals surface area contributed by atoms with Crippen LogP contribution < -0.4 is 0 Å². The molecule has 0 heterocycles. The third-order valence-electron chi connectivity index (χ3n) is 4.68. The molecular formula is C20H40O4SSi2. The minimum Gasteiger partial charge on any atom is -0.466 e. The molecule has 0 aromatic carbocycles. The monoisotopic (exact) mass is 432 g/mol. The Morgan fingerprint density at radius 1 is 1.11 bits per heavy atom. The van der Waals surface area contributed by atoms with Crippen molar-refractivity contribution in [2.45, 2.75) is 90.5 Å². The molecule has 4 nitrogen and oxygen atoms in total. The molecule has 0 aliphatic heterocycles. The Kier molecular flexibility index (Phi) is 11.4. The van der Waals surface area contributed by atoms with Crippen LogP contribution in [-0.2, 0) is 18.8 Å². The summed E-state index contributed by atoms with van der Waals surface area (Å²) < 4.78 is 11.9. The maximum Gasteiger partial charge on any atom is 0.308 e. The normalized spacial score (nSPS) is 14.4. The van der Waals surface area contributed by atoms with Gasteiger partial charge in [0, 0.05) is 20.8 Å². The lowest BCUT2D eigenvalue weighted by Crippen LogP contribution is -2.44. The average Bonchev–Trinajstić information content (AvgIpc) is 2.43. The quantitative estimate of drug-likeness (QED) is 0.177. The lowest BCUT2D eigenvalue weighted by atomic mass is 10.2. The van der Waals surface area contributed by atoms with E-state index in [2.05, 4.69) is 53.5 Å². The van der Waals surface area contributed by atoms with Crippen LogP contribution in [0.15, 0.2) is 12.2 Å². The highest BCUT2D eigenvalue weighted by molar-refractivity contribution is 8.13. The van der Waals surface area contributed by atoms with E-state index in [-0.39, 0.29) is 28.6 Å². The molecule has 7 heteroatoms. The summed E-state index contributed by atoms with van der Waals surface area (Å²) in [7, 11) is -3.21. The van der Waals surface area contributed by atoms with Crippen molar-refractivity contribution in [3.63, 3.8) is 0 Å². The number of hydrogen-bond acceptors (Lipinski definition) is 5. The molecule has 0 amide bonds. The summed E-state index contributed by atoms with van der Waals surface area (Å²) in [6.45, 7) is 19.8. The van der Waals surface area contributed by atoms with E-state index in [1.807, 2.05) is 12.2 Å². The highest BCUT2D eigenvalue weighted by Gasteiger charge is 2.39. The zero-order valence-electron chi connectivity index (χ0n) is 18.8. The Hall–Kier alpha value is -0.376. The molecule has 0 bridgehead atoms. The van der Waals surface area contributed by atoms with Crippen LogP contribution in [0.3, 0.4) is 0 Å². The van der Waals surface area contributed by atoms with Crippen molar-refractivity contribution in [1.29, 1.82) is 0 Å². The molecule has 0 aliphatic carbocycles. The first-order valence-electron chi connectivity index (χ1n) is 9.77. The Morgan fingerprint density at radius 2 is 1.70 bits per heavy atom. The van der Waals surface area contributed by atoms with E-state index in [9.17, 15) is 9.59 Å². The second kappa shape index (κ2) is 11.6.